The number of carbonyl (C=O) groups excluding carboxylic acids is 3. The fourth-order valence-corrected chi connectivity index (χ4v) is 5.05. The summed E-state index contributed by atoms with van der Waals surface area (Å²) >= 11 is 0. The first-order valence-corrected chi connectivity index (χ1v) is 11.8. The Labute approximate surface area is 205 Å². The highest BCUT2D eigenvalue weighted by Gasteiger charge is 2.66. The summed E-state index contributed by atoms with van der Waals surface area (Å²) in [6, 6.07) is 13.7. The van der Waals surface area contributed by atoms with Crippen LogP contribution in [0.3, 0.4) is 0 Å². The fraction of sp³-hybridized carbons (Fsp3) is 0.370. The Morgan fingerprint density at radius 2 is 1.71 bits per heavy atom. The predicted molar refractivity (Wildman–Crippen MR) is 133 cm³/mol. The molecule has 1 N–H and O–H groups in total. The normalized spacial score (nSPS) is 20.9. The number of ketones is 1. The maximum Gasteiger partial charge on any atom is 0.296 e. The largest absolute Gasteiger partial charge is 0.507 e. The molecule has 2 amide bonds. The molecule has 0 bridgehead atoms. The first kappa shape index (κ1) is 24.5. The van der Waals surface area contributed by atoms with Crippen molar-refractivity contribution in [2.45, 2.75) is 25.3 Å². The number of likely N-dealkylation sites (tertiary alicyclic amines) is 1. The molecule has 2 aromatic carbocycles. The number of methoxy groups -OCH3 is 1. The highest BCUT2D eigenvalue weighted by Crippen LogP contribution is 2.53. The van der Waals surface area contributed by atoms with Crippen LogP contribution in [0.25, 0.3) is 5.76 Å². The van der Waals surface area contributed by atoms with Crippen LogP contribution in [-0.2, 0) is 19.9 Å². The van der Waals surface area contributed by atoms with Gasteiger partial charge in [0.25, 0.3) is 17.6 Å². The van der Waals surface area contributed by atoms with Gasteiger partial charge < -0.3 is 24.5 Å². The molecule has 184 valence electrons. The lowest BCUT2D eigenvalue weighted by Gasteiger charge is -2.34. The number of hydrogen-bond donors (Lipinski definition) is 1. The average Bonchev–Trinajstić information content (AvgIpc) is 3.23. The van der Waals surface area contributed by atoms with Gasteiger partial charge in [0.15, 0.2) is 5.54 Å². The summed E-state index contributed by atoms with van der Waals surface area (Å²) < 4.78 is 5.20. The van der Waals surface area contributed by atoms with Gasteiger partial charge in [0.2, 0.25) is 0 Å². The van der Waals surface area contributed by atoms with Crippen molar-refractivity contribution in [1.82, 2.24) is 9.80 Å². The quantitative estimate of drug-likeness (QED) is 0.357. The van der Waals surface area contributed by atoms with Crippen molar-refractivity contribution in [1.29, 1.82) is 0 Å². The van der Waals surface area contributed by atoms with Crippen molar-refractivity contribution in [2.24, 2.45) is 0 Å². The maximum atomic E-state index is 14.2. The van der Waals surface area contributed by atoms with E-state index in [1.165, 1.54) is 12.0 Å². The van der Waals surface area contributed by atoms with Crippen molar-refractivity contribution in [2.75, 3.05) is 45.7 Å². The highest BCUT2D eigenvalue weighted by molar-refractivity contribution is 6.50. The van der Waals surface area contributed by atoms with Crippen LogP contribution in [0.2, 0.25) is 0 Å². The van der Waals surface area contributed by atoms with E-state index in [1.54, 1.807) is 41.3 Å². The Hall–Kier alpha value is -3.65. The zero-order chi connectivity index (χ0) is 25.3. The molecule has 1 saturated heterocycles. The second-order valence-corrected chi connectivity index (χ2v) is 9.08. The minimum absolute atomic E-state index is 0.187. The number of ether oxygens (including phenoxy) is 1. The molecule has 2 aromatic rings. The molecule has 35 heavy (non-hydrogen) atoms. The number of anilines is 1. The van der Waals surface area contributed by atoms with Gasteiger partial charge in [-0.2, -0.15) is 0 Å². The molecule has 8 heteroatoms. The molecule has 2 aliphatic heterocycles. The van der Waals surface area contributed by atoms with Crippen LogP contribution in [0.4, 0.5) is 5.69 Å². The summed E-state index contributed by atoms with van der Waals surface area (Å²) in [5.74, 6) is -1.82. The molecule has 1 spiro atoms. The molecule has 0 aliphatic carbocycles. The zero-order valence-electron chi connectivity index (χ0n) is 20.6. The molecule has 1 fully saturated rings. The molecule has 0 aromatic heterocycles. The summed E-state index contributed by atoms with van der Waals surface area (Å²) in [6.45, 7) is 3.27. The highest BCUT2D eigenvalue weighted by atomic mass is 16.5. The van der Waals surface area contributed by atoms with E-state index in [9.17, 15) is 19.5 Å². The number of aliphatic hydroxyl groups is 1. The maximum absolute atomic E-state index is 14.2. The fourth-order valence-electron chi connectivity index (χ4n) is 5.05. The summed E-state index contributed by atoms with van der Waals surface area (Å²) in [6.07, 6.45) is 1.26. The Kier molecular flexibility index (Phi) is 6.67. The van der Waals surface area contributed by atoms with Crippen LogP contribution >= 0.6 is 0 Å². The summed E-state index contributed by atoms with van der Waals surface area (Å²) in [7, 11) is 5.38. The van der Waals surface area contributed by atoms with Gasteiger partial charge in [0, 0.05) is 24.2 Å². The standard InChI is InChI=1S/C27H31N3O5/c1-5-15-29-21-10-7-6-9-20(21)27(26(29)34)22(23(31)18-11-13-19(35-4)14-12-18)24(32)25(33)30(27)17-8-16-28(2)3/h6-7,9-14,31H,5,8,15-17H2,1-4H3/b23-22+. The minimum atomic E-state index is -1.71. The van der Waals surface area contributed by atoms with Crippen LogP contribution < -0.4 is 9.64 Å². The summed E-state index contributed by atoms with van der Waals surface area (Å²) in [5, 5.41) is 11.4. The third-order valence-corrected chi connectivity index (χ3v) is 6.61. The number of nitrogens with zero attached hydrogens (tertiary/aromatic N) is 3. The average molecular weight is 478 g/mol. The third-order valence-electron chi connectivity index (χ3n) is 6.61. The van der Waals surface area contributed by atoms with E-state index in [4.69, 9.17) is 4.74 Å². The van der Waals surface area contributed by atoms with E-state index in [0.29, 0.717) is 48.5 Å². The molecule has 8 nitrogen and oxygen atoms in total. The number of carbonyl (C=O) groups is 3. The number of amides is 2. The Morgan fingerprint density at radius 3 is 2.34 bits per heavy atom. The van der Waals surface area contributed by atoms with E-state index in [-0.39, 0.29) is 23.8 Å². The number of benzene rings is 2. The number of Topliss-reactive ketones (excluding diaryl/α,β-unsaturated/α-hetero) is 1. The number of hydrogen-bond acceptors (Lipinski definition) is 6. The Morgan fingerprint density at radius 1 is 1.03 bits per heavy atom. The van der Waals surface area contributed by atoms with Crippen LogP contribution in [0, 0.1) is 0 Å². The number of rotatable bonds is 8. The molecule has 2 aliphatic rings. The minimum Gasteiger partial charge on any atom is -0.507 e. The summed E-state index contributed by atoms with van der Waals surface area (Å²) in [4.78, 5) is 46.2. The lowest BCUT2D eigenvalue weighted by atomic mass is 9.82. The lowest BCUT2D eigenvalue weighted by Crippen LogP contribution is -2.52. The van der Waals surface area contributed by atoms with Crippen molar-refractivity contribution in [3.63, 3.8) is 0 Å². The first-order valence-electron chi connectivity index (χ1n) is 11.8. The van der Waals surface area contributed by atoms with E-state index >= 15 is 0 Å². The van der Waals surface area contributed by atoms with Gasteiger partial charge in [-0.05, 0) is 63.8 Å². The molecule has 1 atom stereocenters. The van der Waals surface area contributed by atoms with Crippen molar-refractivity contribution >= 4 is 29.0 Å². The molecule has 4 rings (SSSR count). The number of para-hydroxylation sites is 1. The molecule has 2 heterocycles. The summed E-state index contributed by atoms with van der Waals surface area (Å²) in [5.41, 5.74) is -0.377. The van der Waals surface area contributed by atoms with Gasteiger partial charge in [0.05, 0.1) is 18.4 Å². The lowest BCUT2D eigenvalue weighted by molar-refractivity contribution is -0.143. The van der Waals surface area contributed by atoms with Crippen molar-refractivity contribution < 1.29 is 24.2 Å². The van der Waals surface area contributed by atoms with Gasteiger partial charge in [-0.15, -0.1) is 0 Å². The van der Waals surface area contributed by atoms with Gasteiger partial charge in [-0.1, -0.05) is 25.1 Å². The van der Waals surface area contributed by atoms with Crippen LogP contribution in [0.1, 0.15) is 30.9 Å². The molecular formula is C27H31N3O5. The second-order valence-electron chi connectivity index (χ2n) is 9.08. The van der Waals surface area contributed by atoms with Gasteiger partial charge in [-0.25, -0.2) is 0 Å². The first-order chi connectivity index (χ1) is 16.8. The van der Waals surface area contributed by atoms with Crippen LogP contribution in [0.5, 0.6) is 5.75 Å². The van der Waals surface area contributed by atoms with Crippen LogP contribution in [0.15, 0.2) is 54.1 Å². The van der Waals surface area contributed by atoms with E-state index in [0.717, 1.165) is 0 Å². The molecular weight excluding hydrogens is 446 g/mol. The smallest absolute Gasteiger partial charge is 0.296 e. The van der Waals surface area contributed by atoms with E-state index in [2.05, 4.69) is 0 Å². The zero-order valence-corrected chi connectivity index (χ0v) is 20.6. The Balaban J connectivity index is 1.97. The van der Waals surface area contributed by atoms with Crippen molar-refractivity contribution in [3.8, 4) is 5.75 Å². The topological polar surface area (TPSA) is 90.4 Å². The second kappa shape index (κ2) is 9.54. The molecule has 0 saturated carbocycles. The Bertz CT molecular complexity index is 1190. The predicted octanol–water partition coefficient (Wildman–Crippen LogP) is 2.98. The SMILES string of the molecule is CCCN1C(=O)C2(/C(=C(/O)c3ccc(OC)cc3)C(=O)C(=O)N2CCCN(C)C)c2ccccc21. The number of aliphatic hydroxyl groups excluding tert-OH is 1. The molecule has 1 unspecified atom stereocenters. The van der Waals surface area contributed by atoms with Crippen molar-refractivity contribution in [3.05, 3.63) is 65.2 Å². The van der Waals surface area contributed by atoms with E-state index < -0.39 is 17.2 Å². The van der Waals surface area contributed by atoms with E-state index in [1.807, 2.05) is 38.1 Å². The molecule has 0 radical (unpaired) electrons. The van der Waals surface area contributed by atoms with Gasteiger partial charge in [-0.3, -0.25) is 14.4 Å². The van der Waals surface area contributed by atoms with Gasteiger partial charge in [0.1, 0.15) is 11.5 Å². The monoisotopic (exact) mass is 477 g/mol. The van der Waals surface area contributed by atoms with Crippen LogP contribution in [-0.4, -0.2) is 73.3 Å². The number of fused-ring (bicyclic) bond motifs is 2. The third kappa shape index (κ3) is 3.78. The van der Waals surface area contributed by atoms with Gasteiger partial charge >= 0.3 is 0 Å².